The zero-order chi connectivity index (χ0) is 13.7. The van der Waals surface area contributed by atoms with E-state index >= 15 is 0 Å². The van der Waals surface area contributed by atoms with Gasteiger partial charge in [0.2, 0.25) is 5.91 Å². The van der Waals surface area contributed by atoms with E-state index in [2.05, 4.69) is 5.38 Å². The van der Waals surface area contributed by atoms with Gasteiger partial charge in [0.25, 0.3) is 0 Å². The summed E-state index contributed by atoms with van der Waals surface area (Å²) in [6.45, 7) is 0.659. The highest BCUT2D eigenvalue weighted by atomic mass is 32.1. The first kappa shape index (κ1) is 13.6. The number of likely N-dealkylation sites (N-methyl/N-ethyl adjacent to an activating group) is 1. The number of carbonyl (C=O) groups is 1. The molecule has 1 aromatic heterocycles. The molecule has 0 radical (unpaired) electrons. The van der Waals surface area contributed by atoms with Crippen molar-refractivity contribution < 1.29 is 9.53 Å². The Kier molecular flexibility index (Phi) is 4.58. The van der Waals surface area contributed by atoms with E-state index in [1.807, 2.05) is 42.8 Å². The van der Waals surface area contributed by atoms with Crippen LogP contribution in [-0.2, 0) is 17.8 Å². The minimum Gasteiger partial charge on any atom is -0.497 e. The maximum Gasteiger partial charge on any atom is 0.227 e. The quantitative estimate of drug-likeness (QED) is 0.839. The molecule has 2 aromatic rings. The summed E-state index contributed by atoms with van der Waals surface area (Å²) < 4.78 is 5.16. The topological polar surface area (TPSA) is 29.5 Å². The van der Waals surface area contributed by atoms with E-state index in [0.717, 1.165) is 11.3 Å². The number of ether oxygens (including phenoxy) is 1. The van der Waals surface area contributed by atoms with Crippen LogP contribution in [0.3, 0.4) is 0 Å². The van der Waals surface area contributed by atoms with Crippen LogP contribution in [0.2, 0.25) is 0 Å². The van der Waals surface area contributed by atoms with Crippen LogP contribution in [-0.4, -0.2) is 25.0 Å². The third-order valence-electron chi connectivity index (χ3n) is 2.92. The molecule has 0 unspecified atom stereocenters. The fraction of sp³-hybridized carbons (Fsp3) is 0.267. The summed E-state index contributed by atoms with van der Waals surface area (Å²) in [5, 5.41) is 4.09. The fourth-order valence-electron chi connectivity index (χ4n) is 1.84. The van der Waals surface area contributed by atoms with Gasteiger partial charge in [-0.2, -0.15) is 11.3 Å². The van der Waals surface area contributed by atoms with Crippen LogP contribution >= 0.6 is 11.3 Å². The van der Waals surface area contributed by atoms with Crippen LogP contribution < -0.4 is 4.74 Å². The smallest absolute Gasteiger partial charge is 0.227 e. The van der Waals surface area contributed by atoms with Crippen molar-refractivity contribution in [2.45, 2.75) is 13.0 Å². The zero-order valence-corrected chi connectivity index (χ0v) is 11.9. The largest absolute Gasteiger partial charge is 0.497 e. The highest BCUT2D eigenvalue weighted by molar-refractivity contribution is 7.07. The van der Waals surface area contributed by atoms with E-state index in [1.165, 1.54) is 5.56 Å². The molecule has 0 saturated heterocycles. The number of hydrogen-bond acceptors (Lipinski definition) is 3. The molecule has 3 nitrogen and oxygen atoms in total. The Balaban J connectivity index is 1.96. The number of amides is 1. The van der Waals surface area contributed by atoms with E-state index in [4.69, 9.17) is 4.74 Å². The molecule has 1 heterocycles. The van der Waals surface area contributed by atoms with Gasteiger partial charge in [-0.3, -0.25) is 4.79 Å². The standard InChI is InChI=1S/C15H17NO2S/c1-16(10-13-6-7-19-11-13)15(17)9-12-4-3-5-14(8-12)18-2/h3-8,11H,9-10H2,1-2H3. The second-order valence-electron chi connectivity index (χ2n) is 4.41. The minimum atomic E-state index is 0.111. The first-order chi connectivity index (χ1) is 9.19. The van der Waals surface area contributed by atoms with E-state index < -0.39 is 0 Å². The fourth-order valence-corrected chi connectivity index (χ4v) is 2.50. The first-order valence-electron chi connectivity index (χ1n) is 6.07. The predicted octanol–water partition coefficient (Wildman–Crippen LogP) is 2.96. The van der Waals surface area contributed by atoms with Crippen LogP contribution in [0.1, 0.15) is 11.1 Å². The molecule has 1 amide bonds. The van der Waals surface area contributed by atoms with Gasteiger partial charge in [-0.05, 0) is 40.1 Å². The van der Waals surface area contributed by atoms with Gasteiger partial charge in [-0.15, -0.1) is 0 Å². The van der Waals surface area contributed by atoms with Gasteiger partial charge in [0.05, 0.1) is 13.5 Å². The van der Waals surface area contributed by atoms with Crippen molar-refractivity contribution in [3.05, 3.63) is 52.2 Å². The van der Waals surface area contributed by atoms with Gasteiger partial charge in [0.15, 0.2) is 0 Å². The average molecular weight is 275 g/mol. The van der Waals surface area contributed by atoms with Crippen molar-refractivity contribution in [2.75, 3.05) is 14.2 Å². The summed E-state index contributed by atoms with van der Waals surface area (Å²) >= 11 is 1.65. The van der Waals surface area contributed by atoms with Gasteiger partial charge in [0, 0.05) is 13.6 Å². The Bertz CT molecular complexity index is 537. The predicted molar refractivity (Wildman–Crippen MR) is 77.5 cm³/mol. The van der Waals surface area contributed by atoms with E-state index in [9.17, 15) is 4.79 Å². The van der Waals surface area contributed by atoms with Crippen molar-refractivity contribution >= 4 is 17.2 Å². The highest BCUT2D eigenvalue weighted by Crippen LogP contribution is 2.14. The maximum atomic E-state index is 12.1. The lowest BCUT2D eigenvalue weighted by molar-refractivity contribution is -0.129. The van der Waals surface area contributed by atoms with Crippen LogP contribution in [0.15, 0.2) is 41.1 Å². The summed E-state index contributed by atoms with van der Waals surface area (Å²) in [6.07, 6.45) is 0.401. The maximum absolute atomic E-state index is 12.1. The molecule has 2 rings (SSSR count). The highest BCUT2D eigenvalue weighted by Gasteiger charge is 2.10. The second kappa shape index (κ2) is 6.38. The van der Waals surface area contributed by atoms with E-state index in [0.29, 0.717) is 13.0 Å². The van der Waals surface area contributed by atoms with Gasteiger partial charge in [-0.25, -0.2) is 0 Å². The molecule has 0 spiro atoms. The Morgan fingerprint density at radius 3 is 2.84 bits per heavy atom. The molecule has 0 aliphatic rings. The van der Waals surface area contributed by atoms with Crippen LogP contribution in [0, 0.1) is 0 Å². The third kappa shape index (κ3) is 3.83. The number of benzene rings is 1. The monoisotopic (exact) mass is 275 g/mol. The molecule has 4 heteroatoms. The number of methoxy groups -OCH3 is 1. The molecule has 19 heavy (non-hydrogen) atoms. The van der Waals surface area contributed by atoms with Gasteiger partial charge < -0.3 is 9.64 Å². The van der Waals surface area contributed by atoms with Gasteiger partial charge in [-0.1, -0.05) is 12.1 Å². The number of carbonyl (C=O) groups excluding carboxylic acids is 1. The molecule has 0 N–H and O–H groups in total. The number of thiophene rings is 1. The lowest BCUT2D eigenvalue weighted by Crippen LogP contribution is -2.27. The van der Waals surface area contributed by atoms with Crippen LogP contribution in [0.5, 0.6) is 5.75 Å². The Labute approximate surface area is 117 Å². The van der Waals surface area contributed by atoms with Crippen molar-refractivity contribution in [3.63, 3.8) is 0 Å². The summed E-state index contributed by atoms with van der Waals surface area (Å²) in [7, 11) is 3.46. The molecule has 0 aliphatic carbocycles. The molecule has 0 fully saturated rings. The molecule has 0 bridgehead atoms. The van der Waals surface area contributed by atoms with Crippen molar-refractivity contribution in [3.8, 4) is 5.75 Å². The summed E-state index contributed by atoms with van der Waals surface area (Å²) in [6, 6.07) is 9.67. The molecule has 0 atom stereocenters. The first-order valence-corrected chi connectivity index (χ1v) is 7.01. The van der Waals surface area contributed by atoms with E-state index in [1.54, 1.807) is 23.3 Å². The molecule has 0 aliphatic heterocycles. The number of nitrogens with zero attached hydrogens (tertiary/aromatic N) is 1. The molecular weight excluding hydrogens is 258 g/mol. The van der Waals surface area contributed by atoms with Crippen molar-refractivity contribution in [1.82, 2.24) is 4.90 Å². The Morgan fingerprint density at radius 2 is 2.16 bits per heavy atom. The van der Waals surface area contributed by atoms with Crippen LogP contribution in [0.25, 0.3) is 0 Å². The second-order valence-corrected chi connectivity index (χ2v) is 5.19. The van der Waals surface area contributed by atoms with Crippen LogP contribution in [0.4, 0.5) is 0 Å². The lowest BCUT2D eigenvalue weighted by Gasteiger charge is -2.16. The zero-order valence-electron chi connectivity index (χ0n) is 11.1. The molecule has 0 saturated carbocycles. The SMILES string of the molecule is COc1cccc(CC(=O)N(C)Cc2ccsc2)c1. The number of rotatable bonds is 5. The van der Waals surface area contributed by atoms with Crippen molar-refractivity contribution in [1.29, 1.82) is 0 Å². The molecule has 100 valence electrons. The summed E-state index contributed by atoms with van der Waals surface area (Å²) in [5.41, 5.74) is 2.15. The third-order valence-corrected chi connectivity index (χ3v) is 3.65. The number of hydrogen-bond donors (Lipinski definition) is 0. The van der Waals surface area contributed by atoms with E-state index in [-0.39, 0.29) is 5.91 Å². The minimum absolute atomic E-state index is 0.111. The normalized spacial score (nSPS) is 10.2. The Morgan fingerprint density at radius 1 is 1.32 bits per heavy atom. The summed E-state index contributed by atoms with van der Waals surface area (Å²) in [4.78, 5) is 13.9. The van der Waals surface area contributed by atoms with Gasteiger partial charge >= 0.3 is 0 Å². The average Bonchev–Trinajstić information content (AvgIpc) is 2.91. The molecular formula is C15H17NO2S. The molecule has 1 aromatic carbocycles. The summed E-state index contributed by atoms with van der Waals surface area (Å²) in [5.74, 6) is 0.894. The van der Waals surface area contributed by atoms with Gasteiger partial charge in [0.1, 0.15) is 5.75 Å². The Hall–Kier alpha value is -1.81. The lowest BCUT2D eigenvalue weighted by atomic mass is 10.1. The van der Waals surface area contributed by atoms with Crippen molar-refractivity contribution in [2.24, 2.45) is 0 Å².